The highest BCUT2D eigenvalue weighted by atomic mass is 19.4. The average Bonchev–Trinajstić information content (AvgIpc) is 3.05. The number of alkyl halides is 3. The molecule has 2 aromatic rings. The van der Waals surface area contributed by atoms with Crippen molar-refractivity contribution < 1.29 is 22.5 Å². The molecule has 1 saturated heterocycles. The highest BCUT2D eigenvalue weighted by Crippen LogP contribution is 2.29. The first kappa shape index (κ1) is 16.5. The predicted molar refractivity (Wildman–Crippen MR) is 79.1 cm³/mol. The molecule has 24 heavy (non-hydrogen) atoms. The fourth-order valence-electron chi connectivity index (χ4n) is 2.78. The van der Waals surface area contributed by atoms with Crippen LogP contribution >= 0.6 is 0 Å². The van der Waals surface area contributed by atoms with Gasteiger partial charge in [-0.3, -0.25) is 4.79 Å². The van der Waals surface area contributed by atoms with E-state index in [2.05, 4.69) is 14.7 Å². The molecule has 1 amide bonds. The Hall–Kier alpha value is -2.38. The van der Waals surface area contributed by atoms with E-state index in [1.807, 2.05) is 11.8 Å². The average molecular weight is 339 g/mol. The number of likely N-dealkylation sites (tertiary alicyclic amines) is 1. The van der Waals surface area contributed by atoms with E-state index in [4.69, 9.17) is 0 Å². The van der Waals surface area contributed by atoms with E-state index in [1.54, 1.807) is 12.1 Å². The van der Waals surface area contributed by atoms with Gasteiger partial charge in [0.1, 0.15) is 0 Å². The summed E-state index contributed by atoms with van der Waals surface area (Å²) in [5, 5.41) is 3.33. The molecule has 128 valence electrons. The second kappa shape index (κ2) is 6.26. The molecule has 0 bridgehead atoms. The van der Waals surface area contributed by atoms with Crippen molar-refractivity contribution in [2.24, 2.45) is 0 Å². The summed E-state index contributed by atoms with van der Waals surface area (Å²) in [6.45, 7) is 2.74. The highest BCUT2D eigenvalue weighted by molar-refractivity contribution is 5.94. The van der Waals surface area contributed by atoms with Crippen LogP contribution in [-0.4, -0.2) is 33.5 Å². The first-order valence-electron chi connectivity index (χ1n) is 7.68. The third-order valence-corrected chi connectivity index (χ3v) is 4.12. The van der Waals surface area contributed by atoms with Crippen LogP contribution in [0.15, 0.2) is 28.8 Å². The van der Waals surface area contributed by atoms with Gasteiger partial charge >= 0.3 is 12.1 Å². The minimum Gasteiger partial charge on any atom is -0.336 e. The molecule has 0 saturated carbocycles. The lowest BCUT2D eigenvalue weighted by molar-refractivity contribution is -0.159. The van der Waals surface area contributed by atoms with E-state index < -0.39 is 12.1 Å². The third-order valence-electron chi connectivity index (χ3n) is 4.12. The molecule has 2 heterocycles. The molecule has 0 N–H and O–H groups in total. The second-order valence-electron chi connectivity index (χ2n) is 5.84. The number of benzene rings is 1. The zero-order chi connectivity index (χ0) is 17.3. The van der Waals surface area contributed by atoms with Gasteiger partial charge in [0.15, 0.2) is 0 Å². The molecule has 1 aliphatic rings. The minimum atomic E-state index is -4.68. The first-order chi connectivity index (χ1) is 11.4. The van der Waals surface area contributed by atoms with Gasteiger partial charge in [0.2, 0.25) is 5.82 Å². The molecule has 1 atom stereocenters. The van der Waals surface area contributed by atoms with Crippen molar-refractivity contribution in [1.29, 1.82) is 0 Å². The molecular weight excluding hydrogens is 323 g/mol. The van der Waals surface area contributed by atoms with Crippen LogP contribution in [-0.2, 0) is 6.18 Å². The molecule has 0 spiro atoms. The maximum absolute atomic E-state index is 12.5. The molecule has 1 fully saturated rings. The Bertz CT molecular complexity index is 725. The molecule has 1 aromatic heterocycles. The summed E-state index contributed by atoms with van der Waals surface area (Å²) in [5.41, 5.74) is 0.851. The van der Waals surface area contributed by atoms with Crippen molar-refractivity contribution in [3.8, 4) is 11.4 Å². The van der Waals surface area contributed by atoms with E-state index >= 15 is 0 Å². The highest BCUT2D eigenvalue weighted by Gasteiger charge is 2.38. The van der Waals surface area contributed by atoms with Gasteiger partial charge in [-0.05, 0) is 38.3 Å². The van der Waals surface area contributed by atoms with Crippen molar-refractivity contribution in [2.45, 2.75) is 38.4 Å². The summed E-state index contributed by atoms with van der Waals surface area (Å²) in [4.78, 5) is 17.7. The van der Waals surface area contributed by atoms with Gasteiger partial charge in [0, 0.05) is 23.7 Å². The van der Waals surface area contributed by atoms with Crippen LogP contribution in [0, 0.1) is 0 Å². The molecule has 3 rings (SSSR count). The van der Waals surface area contributed by atoms with Gasteiger partial charge < -0.3 is 9.42 Å². The van der Waals surface area contributed by atoms with E-state index in [1.165, 1.54) is 12.1 Å². The smallest absolute Gasteiger partial charge is 0.336 e. The van der Waals surface area contributed by atoms with Crippen LogP contribution < -0.4 is 0 Å². The van der Waals surface area contributed by atoms with Crippen molar-refractivity contribution in [3.63, 3.8) is 0 Å². The van der Waals surface area contributed by atoms with E-state index in [9.17, 15) is 18.0 Å². The lowest BCUT2D eigenvalue weighted by Crippen LogP contribution is -2.41. The van der Waals surface area contributed by atoms with E-state index in [0.717, 1.165) is 25.8 Å². The van der Waals surface area contributed by atoms with Crippen LogP contribution in [0.2, 0.25) is 0 Å². The lowest BCUT2D eigenvalue weighted by Gasteiger charge is -2.33. The fraction of sp³-hybridized carbons (Fsp3) is 0.438. The summed E-state index contributed by atoms with van der Waals surface area (Å²) in [6, 6.07) is 6.38. The van der Waals surface area contributed by atoms with Crippen LogP contribution in [0.1, 0.15) is 42.4 Å². The number of aromatic nitrogens is 2. The Morgan fingerprint density at radius 1 is 1.25 bits per heavy atom. The molecule has 1 aliphatic heterocycles. The van der Waals surface area contributed by atoms with Gasteiger partial charge in [0.25, 0.3) is 5.91 Å². The maximum atomic E-state index is 12.5. The summed E-state index contributed by atoms with van der Waals surface area (Å²) < 4.78 is 41.7. The van der Waals surface area contributed by atoms with Crippen LogP contribution in [0.4, 0.5) is 13.2 Å². The Morgan fingerprint density at radius 2 is 1.96 bits per heavy atom. The second-order valence-corrected chi connectivity index (χ2v) is 5.84. The molecule has 1 aromatic carbocycles. The third kappa shape index (κ3) is 3.27. The topological polar surface area (TPSA) is 59.2 Å². The number of amides is 1. The van der Waals surface area contributed by atoms with Crippen LogP contribution in [0.5, 0.6) is 0 Å². The molecule has 1 unspecified atom stereocenters. The summed E-state index contributed by atoms with van der Waals surface area (Å²) in [7, 11) is 0. The zero-order valence-corrected chi connectivity index (χ0v) is 13.0. The Kier molecular flexibility index (Phi) is 4.29. The number of nitrogens with zero attached hydrogens (tertiary/aromatic N) is 3. The molecule has 8 heteroatoms. The van der Waals surface area contributed by atoms with E-state index in [0.29, 0.717) is 11.1 Å². The molecule has 0 radical (unpaired) electrons. The van der Waals surface area contributed by atoms with Crippen LogP contribution in [0.3, 0.4) is 0 Å². The number of hydrogen-bond acceptors (Lipinski definition) is 4. The number of rotatable bonds is 2. The quantitative estimate of drug-likeness (QED) is 0.836. The SMILES string of the molecule is CC1CCCCN1C(=O)c1ccc(-c2noc(C(F)(F)F)n2)cc1. The maximum Gasteiger partial charge on any atom is 0.471 e. The van der Waals surface area contributed by atoms with Crippen molar-refractivity contribution in [1.82, 2.24) is 15.0 Å². The lowest BCUT2D eigenvalue weighted by atomic mass is 10.0. The fourth-order valence-corrected chi connectivity index (χ4v) is 2.78. The zero-order valence-electron chi connectivity index (χ0n) is 13.0. The van der Waals surface area contributed by atoms with Gasteiger partial charge in [-0.25, -0.2) is 0 Å². The summed E-state index contributed by atoms with van der Waals surface area (Å²) >= 11 is 0. The van der Waals surface area contributed by atoms with Crippen molar-refractivity contribution in [2.75, 3.05) is 6.54 Å². The normalized spacial score (nSPS) is 18.7. The monoisotopic (exact) mass is 339 g/mol. The van der Waals surface area contributed by atoms with Gasteiger partial charge in [-0.2, -0.15) is 18.2 Å². The van der Waals surface area contributed by atoms with Crippen molar-refractivity contribution in [3.05, 3.63) is 35.7 Å². The molecule has 5 nitrogen and oxygen atoms in total. The van der Waals surface area contributed by atoms with Gasteiger partial charge in [-0.15, -0.1) is 0 Å². The number of halogens is 3. The standard InChI is InChI=1S/C16H16F3N3O2/c1-10-4-2-3-9-22(10)14(23)12-7-5-11(6-8-12)13-20-15(24-21-13)16(17,18)19/h5-8,10H,2-4,9H2,1H3. The Morgan fingerprint density at radius 3 is 2.54 bits per heavy atom. The first-order valence-corrected chi connectivity index (χ1v) is 7.68. The number of hydrogen-bond donors (Lipinski definition) is 0. The van der Waals surface area contributed by atoms with E-state index in [-0.39, 0.29) is 17.8 Å². The summed E-state index contributed by atoms with van der Waals surface area (Å²) in [5.74, 6) is -1.62. The van der Waals surface area contributed by atoms with Gasteiger partial charge in [0.05, 0.1) is 0 Å². The van der Waals surface area contributed by atoms with Crippen molar-refractivity contribution >= 4 is 5.91 Å². The van der Waals surface area contributed by atoms with Gasteiger partial charge in [-0.1, -0.05) is 17.3 Å². The number of carbonyl (C=O) groups is 1. The largest absolute Gasteiger partial charge is 0.471 e. The summed E-state index contributed by atoms with van der Waals surface area (Å²) in [6.07, 6.45) is -1.60. The number of carbonyl (C=O) groups excluding carboxylic acids is 1. The number of piperidine rings is 1. The molecular formula is C16H16F3N3O2. The minimum absolute atomic E-state index is 0.0714. The predicted octanol–water partition coefficient (Wildman–Crippen LogP) is 3.77. The Balaban J connectivity index is 1.78. The van der Waals surface area contributed by atoms with Crippen LogP contribution in [0.25, 0.3) is 11.4 Å². The molecule has 0 aliphatic carbocycles. The Labute approximate surface area is 136 Å².